The summed E-state index contributed by atoms with van der Waals surface area (Å²) >= 11 is 5.10. The first-order chi connectivity index (χ1) is 6.29. The van der Waals surface area contributed by atoms with Crippen molar-refractivity contribution in [1.29, 1.82) is 0 Å². The zero-order valence-corrected chi connectivity index (χ0v) is 7.96. The molecule has 5 nitrogen and oxygen atoms in total. The van der Waals surface area contributed by atoms with Crippen molar-refractivity contribution in [2.45, 2.75) is 38.1 Å². The van der Waals surface area contributed by atoms with Gasteiger partial charge >= 0.3 is 6.03 Å². The van der Waals surface area contributed by atoms with Gasteiger partial charge in [-0.05, 0) is 12.8 Å². The van der Waals surface area contributed by atoms with E-state index in [9.17, 15) is 9.70 Å². The predicted octanol–water partition coefficient (Wildman–Crippen LogP) is 2.17. The molecular formula is C7H12ClN3O2. The van der Waals surface area contributed by atoms with Crippen LogP contribution in [-0.4, -0.2) is 17.1 Å². The van der Waals surface area contributed by atoms with Crippen LogP contribution < -0.4 is 4.84 Å². The Morgan fingerprint density at radius 3 is 2.46 bits per heavy atom. The SMILES string of the molecule is O=NN(C(=O)NCl)C1CCCCC1. The minimum Gasteiger partial charge on any atom is -0.248 e. The van der Waals surface area contributed by atoms with E-state index < -0.39 is 6.03 Å². The van der Waals surface area contributed by atoms with Crippen LogP contribution in [-0.2, 0) is 0 Å². The van der Waals surface area contributed by atoms with Gasteiger partial charge in [0.25, 0.3) is 0 Å². The van der Waals surface area contributed by atoms with Crippen LogP contribution in [0, 0.1) is 4.91 Å². The summed E-state index contributed by atoms with van der Waals surface area (Å²) in [6.07, 6.45) is 4.89. The average Bonchev–Trinajstić information content (AvgIpc) is 2.20. The third-order valence-electron chi connectivity index (χ3n) is 2.30. The van der Waals surface area contributed by atoms with Crippen LogP contribution in [0.4, 0.5) is 4.79 Å². The topological polar surface area (TPSA) is 61.8 Å². The molecule has 0 radical (unpaired) electrons. The van der Waals surface area contributed by atoms with Gasteiger partial charge in [-0.25, -0.2) is 9.63 Å². The molecule has 0 heterocycles. The second-order valence-corrected chi connectivity index (χ2v) is 3.31. The van der Waals surface area contributed by atoms with Crippen LogP contribution in [0.1, 0.15) is 32.1 Å². The van der Waals surface area contributed by atoms with Gasteiger partial charge in [0.1, 0.15) is 0 Å². The number of carbonyl (C=O) groups is 1. The monoisotopic (exact) mass is 205 g/mol. The smallest absolute Gasteiger partial charge is 0.248 e. The quantitative estimate of drug-likeness (QED) is 0.427. The lowest BCUT2D eigenvalue weighted by Crippen LogP contribution is -2.40. The van der Waals surface area contributed by atoms with Crippen molar-refractivity contribution in [2.75, 3.05) is 0 Å². The summed E-state index contributed by atoms with van der Waals surface area (Å²) in [6.45, 7) is 0. The fraction of sp³-hybridized carbons (Fsp3) is 0.857. The second-order valence-electron chi connectivity index (χ2n) is 3.12. The first-order valence-electron chi connectivity index (χ1n) is 4.32. The van der Waals surface area contributed by atoms with Gasteiger partial charge in [0, 0.05) is 11.8 Å². The zero-order chi connectivity index (χ0) is 9.68. The van der Waals surface area contributed by atoms with Gasteiger partial charge in [-0.3, -0.25) is 0 Å². The first-order valence-corrected chi connectivity index (χ1v) is 4.70. The fourth-order valence-electron chi connectivity index (χ4n) is 1.64. The highest BCUT2D eigenvalue weighted by Crippen LogP contribution is 2.22. The van der Waals surface area contributed by atoms with Gasteiger partial charge in [-0.2, -0.15) is 5.01 Å². The number of carbonyl (C=O) groups excluding carboxylic acids is 1. The lowest BCUT2D eigenvalue weighted by atomic mass is 9.95. The fourth-order valence-corrected chi connectivity index (χ4v) is 1.73. The molecule has 0 saturated heterocycles. The molecule has 0 atom stereocenters. The molecule has 0 bridgehead atoms. The Bertz CT molecular complexity index is 194. The van der Waals surface area contributed by atoms with Crippen molar-refractivity contribution in [3.05, 3.63) is 4.91 Å². The number of nitrogens with one attached hydrogen (secondary N) is 1. The van der Waals surface area contributed by atoms with Crippen molar-refractivity contribution in [3.8, 4) is 0 Å². The summed E-state index contributed by atoms with van der Waals surface area (Å²) < 4.78 is 0. The summed E-state index contributed by atoms with van der Waals surface area (Å²) in [4.78, 5) is 23.3. The van der Waals surface area contributed by atoms with Gasteiger partial charge in [0.15, 0.2) is 0 Å². The molecule has 1 rings (SSSR count). The maximum absolute atomic E-state index is 11.0. The molecule has 0 unspecified atom stereocenters. The zero-order valence-electron chi connectivity index (χ0n) is 7.20. The standard InChI is InChI=1S/C7H12ClN3O2/c8-9-7(12)11(10-13)6-4-2-1-3-5-6/h6H,1-5H2,(H,9,12). The largest absolute Gasteiger partial charge is 0.355 e. The predicted molar refractivity (Wildman–Crippen MR) is 48.9 cm³/mol. The van der Waals surface area contributed by atoms with Gasteiger partial charge in [0.05, 0.1) is 11.3 Å². The van der Waals surface area contributed by atoms with Crippen LogP contribution in [0.3, 0.4) is 0 Å². The van der Waals surface area contributed by atoms with E-state index in [2.05, 4.69) is 5.29 Å². The molecule has 1 N–H and O–H groups in total. The Hall–Kier alpha value is -0.840. The molecule has 13 heavy (non-hydrogen) atoms. The third-order valence-corrected chi connectivity index (χ3v) is 2.46. The summed E-state index contributed by atoms with van der Waals surface area (Å²) in [6, 6.07) is -0.714. The van der Waals surface area contributed by atoms with Crippen molar-refractivity contribution in [1.82, 2.24) is 9.84 Å². The van der Waals surface area contributed by atoms with E-state index in [-0.39, 0.29) is 6.04 Å². The molecule has 0 aromatic rings. The van der Waals surface area contributed by atoms with Gasteiger partial charge in [0.2, 0.25) is 0 Å². The van der Waals surface area contributed by atoms with Crippen molar-refractivity contribution in [2.24, 2.45) is 5.29 Å². The molecule has 0 spiro atoms. The Labute approximate surface area is 81.5 Å². The maximum Gasteiger partial charge on any atom is 0.355 e. The molecule has 0 aromatic heterocycles. The minimum absolute atomic E-state index is 0.0787. The summed E-state index contributed by atoms with van der Waals surface area (Å²) in [7, 11) is 0. The normalized spacial score (nSPS) is 17.9. The highest BCUT2D eigenvalue weighted by atomic mass is 35.5. The molecule has 1 aliphatic rings. The molecule has 0 aliphatic heterocycles. The molecule has 0 aromatic carbocycles. The lowest BCUT2D eigenvalue weighted by molar-refractivity contribution is 0.162. The van der Waals surface area contributed by atoms with Crippen LogP contribution in [0.15, 0.2) is 5.29 Å². The third kappa shape index (κ3) is 2.55. The summed E-state index contributed by atoms with van der Waals surface area (Å²) in [5, 5.41) is 3.56. The Morgan fingerprint density at radius 1 is 1.38 bits per heavy atom. The lowest BCUT2D eigenvalue weighted by Gasteiger charge is -2.26. The van der Waals surface area contributed by atoms with E-state index in [0.717, 1.165) is 37.1 Å². The second kappa shape index (κ2) is 5.01. The van der Waals surface area contributed by atoms with Crippen molar-refractivity contribution >= 4 is 17.8 Å². The van der Waals surface area contributed by atoms with E-state index in [0.29, 0.717) is 0 Å². The number of amides is 2. The Morgan fingerprint density at radius 2 is 2.00 bits per heavy atom. The van der Waals surface area contributed by atoms with Gasteiger partial charge < -0.3 is 0 Å². The number of rotatable bonds is 2. The van der Waals surface area contributed by atoms with Crippen LogP contribution >= 0.6 is 11.8 Å². The molecule has 6 heteroatoms. The van der Waals surface area contributed by atoms with Gasteiger partial charge in [-0.1, -0.05) is 19.3 Å². The highest BCUT2D eigenvalue weighted by molar-refractivity contribution is 6.21. The van der Waals surface area contributed by atoms with Gasteiger partial charge in [-0.15, -0.1) is 4.91 Å². The van der Waals surface area contributed by atoms with Crippen LogP contribution in [0.25, 0.3) is 0 Å². The van der Waals surface area contributed by atoms with E-state index >= 15 is 0 Å². The Balaban J connectivity index is 2.53. The number of hydrogen-bond donors (Lipinski definition) is 1. The summed E-state index contributed by atoms with van der Waals surface area (Å²) in [5.74, 6) is 0. The van der Waals surface area contributed by atoms with Crippen LogP contribution in [0.2, 0.25) is 0 Å². The molecule has 1 aliphatic carbocycles. The summed E-state index contributed by atoms with van der Waals surface area (Å²) in [5.41, 5.74) is 0. The number of nitrogens with zero attached hydrogens (tertiary/aromatic N) is 2. The minimum atomic E-state index is -0.636. The van der Waals surface area contributed by atoms with Crippen molar-refractivity contribution in [3.63, 3.8) is 0 Å². The number of nitroso groups, excluding NO2 is 1. The first kappa shape index (κ1) is 10.2. The molecule has 74 valence electrons. The van der Waals surface area contributed by atoms with E-state index in [1.54, 1.807) is 0 Å². The number of urea groups is 1. The Kier molecular flexibility index (Phi) is 3.95. The highest BCUT2D eigenvalue weighted by Gasteiger charge is 2.26. The van der Waals surface area contributed by atoms with E-state index in [4.69, 9.17) is 11.8 Å². The van der Waals surface area contributed by atoms with E-state index in [1.165, 1.54) is 0 Å². The van der Waals surface area contributed by atoms with E-state index in [1.807, 2.05) is 4.84 Å². The van der Waals surface area contributed by atoms with Crippen LogP contribution in [0.5, 0.6) is 0 Å². The maximum atomic E-state index is 11.0. The molecular weight excluding hydrogens is 194 g/mol. The average molecular weight is 206 g/mol. The molecule has 2 amide bonds. The molecule has 1 fully saturated rings. The number of halogens is 1. The molecule has 1 saturated carbocycles. The van der Waals surface area contributed by atoms with Crippen molar-refractivity contribution < 1.29 is 4.79 Å². The number of hydrogen-bond acceptors (Lipinski definition) is 3.